The molecule has 1 saturated carbocycles. The van der Waals surface area contributed by atoms with Crippen LogP contribution < -0.4 is 15.0 Å². The van der Waals surface area contributed by atoms with E-state index in [0.717, 1.165) is 49.3 Å². The average molecular weight is 382 g/mol. The molecule has 1 N–H and O–H groups in total. The Morgan fingerprint density at radius 1 is 1.18 bits per heavy atom. The van der Waals surface area contributed by atoms with Crippen LogP contribution in [0.15, 0.2) is 40.8 Å². The molecule has 1 aliphatic heterocycles. The van der Waals surface area contributed by atoms with E-state index in [-0.39, 0.29) is 11.8 Å². The summed E-state index contributed by atoms with van der Waals surface area (Å²) in [4.78, 5) is 28.0. The Kier molecular flexibility index (Phi) is 4.87. The van der Waals surface area contributed by atoms with Gasteiger partial charge < -0.3 is 14.5 Å². The summed E-state index contributed by atoms with van der Waals surface area (Å²) in [5.41, 5.74) is 0.164. The van der Waals surface area contributed by atoms with Crippen LogP contribution in [0.2, 0.25) is 0 Å². The van der Waals surface area contributed by atoms with Gasteiger partial charge in [-0.3, -0.25) is 14.5 Å². The Morgan fingerprint density at radius 2 is 1.89 bits per heavy atom. The quantitative estimate of drug-likeness (QED) is 0.803. The molecule has 2 fully saturated rings. The second kappa shape index (κ2) is 7.34. The van der Waals surface area contributed by atoms with Gasteiger partial charge in [-0.1, -0.05) is 19.3 Å². The molecule has 6 heteroatoms. The molecule has 1 aliphatic carbocycles. The van der Waals surface area contributed by atoms with E-state index in [1.807, 2.05) is 43.3 Å². The van der Waals surface area contributed by atoms with Crippen molar-refractivity contribution in [1.82, 2.24) is 5.32 Å². The number of hydrogen-bond donors (Lipinski definition) is 1. The van der Waals surface area contributed by atoms with Gasteiger partial charge in [0, 0.05) is 5.69 Å². The third-order valence-corrected chi connectivity index (χ3v) is 6.00. The summed E-state index contributed by atoms with van der Waals surface area (Å²) in [6.45, 7) is 2.20. The van der Waals surface area contributed by atoms with E-state index in [4.69, 9.17) is 9.15 Å². The number of ether oxygens (including phenoxy) is 1. The molecule has 2 amide bonds. The highest BCUT2D eigenvalue weighted by molar-refractivity contribution is 6.14. The van der Waals surface area contributed by atoms with E-state index in [9.17, 15) is 9.59 Å². The summed E-state index contributed by atoms with van der Waals surface area (Å²) >= 11 is 0. The highest BCUT2D eigenvalue weighted by Gasteiger charge is 2.63. The zero-order valence-corrected chi connectivity index (χ0v) is 16.4. The van der Waals surface area contributed by atoms with Gasteiger partial charge in [-0.25, -0.2) is 0 Å². The van der Waals surface area contributed by atoms with Crippen LogP contribution in [-0.2, 0) is 16.1 Å². The third-order valence-electron chi connectivity index (χ3n) is 6.00. The number of anilines is 1. The van der Waals surface area contributed by atoms with Crippen molar-refractivity contribution in [3.63, 3.8) is 0 Å². The summed E-state index contributed by atoms with van der Waals surface area (Å²) in [6, 6.07) is 10.6. The summed E-state index contributed by atoms with van der Waals surface area (Å²) in [5.74, 6) is 2.19. The number of aryl methyl sites for hydroxylation is 1. The molecule has 2 aliphatic rings. The topological polar surface area (TPSA) is 71.8 Å². The van der Waals surface area contributed by atoms with Gasteiger partial charge >= 0.3 is 0 Å². The number of methoxy groups -OCH3 is 1. The molecule has 0 bridgehead atoms. The van der Waals surface area contributed by atoms with Crippen LogP contribution in [0.1, 0.15) is 43.6 Å². The molecule has 1 atom stereocenters. The molecule has 1 spiro atoms. The minimum atomic E-state index is -0.568. The van der Waals surface area contributed by atoms with E-state index in [0.29, 0.717) is 12.3 Å². The van der Waals surface area contributed by atoms with E-state index < -0.39 is 11.5 Å². The van der Waals surface area contributed by atoms with Gasteiger partial charge in [-0.15, -0.1) is 0 Å². The van der Waals surface area contributed by atoms with Gasteiger partial charge in [-0.05, 0) is 56.2 Å². The summed E-state index contributed by atoms with van der Waals surface area (Å²) in [6.07, 6.45) is 4.65. The predicted octanol–water partition coefficient (Wildman–Crippen LogP) is 3.58. The largest absolute Gasteiger partial charge is 0.497 e. The van der Waals surface area contributed by atoms with Crippen LogP contribution in [0.3, 0.4) is 0 Å². The van der Waals surface area contributed by atoms with Crippen molar-refractivity contribution in [1.29, 1.82) is 0 Å². The molecule has 1 aromatic carbocycles. The minimum Gasteiger partial charge on any atom is -0.497 e. The summed E-state index contributed by atoms with van der Waals surface area (Å²) in [7, 11) is 1.60. The number of benzene rings is 1. The highest BCUT2D eigenvalue weighted by Crippen LogP contribution is 2.51. The standard InChI is InChI=1S/C22H26N2O4/c1-15-6-9-18(28-15)14-23-20(25)19-22(12-4-3-5-13-22)21(26)24(19)16-7-10-17(27-2)11-8-16/h6-11,19H,3-5,12-14H2,1-2H3,(H,23,25). The first-order valence-corrected chi connectivity index (χ1v) is 9.86. The van der Waals surface area contributed by atoms with Gasteiger partial charge in [0.2, 0.25) is 11.8 Å². The Bertz CT molecular complexity index is 865. The second-order valence-electron chi connectivity index (χ2n) is 7.72. The molecular formula is C22H26N2O4. The maximum absolute atomic E-state index is 13.2. The van der Waals surface area contributed by atoms with Crippen LogP contribution in [0.25, 0.3) is 0 Å². The van der Waals surface area contributed by atoms with Crippen LogP contribution in [0, 0.1) is 12.3 Å². The number of hydrogen-bond acceptors (Lipinski definition) is 4. The van der Waals surface area contributed by atoms with Crippen molar-refractivity contribution < 1.29 is 18.7 Å². The number of nitrogens with one attached hydrogen (secondary N) is 1. The van der Waals surface area contributed by atoms with Crippen molar-refractivity contribution in [2.75, 3.05) is 12.0 Å². The van der Waals surface area contributed by atoms with Crippen LogP contribution in [-0.4, -0.2) is 25.0 Å². The van der Waals surface area contributed by atoms with Crippen LogP contribution >= 0.6 is 0 Å². The molecule has 1 unspecified atom stereocenters. The summed E-state index contributed by atoms with van der Waals surface area (Å²) in [5, 5.41) is 2.98. The maximum Gasteiger partial charge on any atom is 0.244 e. The van der Waals surface area contributed by atoms with Gasteiger partial charge in [0.1, 0.15) is 23.3 Å². The molecule has 148 valence electrons. The normalized spacial score (nSPS) is 20.7. The number of rotatable bonds is 5. The van der Waals surface area contributed by atoms with E-state index >= 15 is 0 Å². The lowest BCUT2D eigenvalue weighted by Crippen LogP contribution is -2.74. The van der Waals surface area contributed by atoms with E-state index in [2.05, 4.69) is 5.32 Å². The SMILES string of the molecule is COc1ccc(N2C(=O)C3(CCCCC3)C2C(=O)NCc2ccc(C)o2)cc1. The molecular weight excluding hydrogens is 356 g/mol. The Hall–Kier alpha value is -2.76. The number of carbonyl (C=O) groups excluding carboxylic acids is 2. The highest BCUT2D eigenvalue weighted by atomic mass is 16.5. The van der Waals surface area contributed by atoms with Crippen molar-refractivity contribution in [3.05, 3.63) is 47.9 Å². The molecule has 1 saturated heterocycles. The first kappa shape index (κ1) is 18.6. The van der Waals surface area contributed by atoms with Gasteiger partial charge in [0.25, 0.3) is 0 Å². The lowest BCUT2D eigenvalue weighted by molar-refractivity contribution is -0.150. The fraction of sp³-hybridized carbons (Fsp3) is 0.455. The Morgan fingerprint density at radius 3 is 2.50 bits per heavy atom. The summed E-state index contributed by atoms with van der Waals surface area (Å²) < 4.78 is 10.8. The molecule has 2 heterocycles. The first-order valence-electron chi connectivity index (χ1n) is 9.86. The maximum atomic E-state index is 13.2. The number of β-lactam (4-membered cyclic amide) rings is 1. The van der Waals surface area contributed by atoms with Crippen molar-refractivity contribution in [2.45, 2.75) is 51.6 Å². The molecule has 0 radical (unpaired) electrons. The molecule has 4 rings (SSSR count). The monoisotopic (exact) mass is 382 g/mol. The lowest BCUT2D eigenvalue weighted by atomic mass is 9.61. The van der Waals surface area contributed by atoms with Crippen molar-refractivity contribution >= 4 is 17.5 Å². The average Bonchev–Trinajstić information content (AvgIpc) is 3.15. The van der Waals surface area contributed by atoms with E-state index in [1.54, 1.807) is 12.0 Å². The fourth-order valence-electron chi connectivity index (χ4n) is 4.55. The number of furan rings is 1. The van der Waals surface area contributed by atoms with E-state index in [1.165, 1.54) is 0 Å². The molecule has 2 aromatic rings. The number of nitrogens with zero attached hydrogens (tertiary/aromatic N) is 1. The number of carbonyl (C=O) groups is 2. The van der Waals surface area contributed by atoms with Gasteiger partial charge in [-0.2, -0.15) is 0 Å². The molecule has 1 aromatic heterocycles. The first-order chi connectivity index (χ1) is 13.5. The van der Waals surface area contributed by atoms with Crippen molar-refractivity contribution in [3.8, 4) is 5.75 Å². The Balaban J connectivity index is 1.57. The number of amides is 2. The zero-order chi connectivity index (χ0) is 19.7. The second-order valence-corrected chi connectivity index (χ2v) is 7.72. The lowest BCUT2D eigenvalue weighted by Gasteiger charge is -2.56. The fourth-order valence-corrected chi connectivity index (χ4v) is 4.55. The Labute approximate surface area is 164 Å². The smallest absolute Gasteiger partial charge is 0.244 e. The van der Waals surface area contributed by atoms with Gasteiger partial charge in [0.05, 0.1) is 19.1 Å². The zero-order valence-electron chi connectivity index (χ0n) is 16.4. The van der Waals surface area contributed by atoms with Gasteiger partial charge in [0.15, 0.2) is 0 Å². The third kappa shape index (κ3) is 3.07. The van der Waals surface area contributed by atoms with Crippen LogP contribution in [0.5, 0.6) is 5.75 Å². The van der Waals surface area contributed by atoms with Crippen LogP contribution in [0.4, 0.5) is 5.69 Å². The van der Waals surface area contributed by atoms with Crippen molar-refractivity contribution in [2.24, 2.45) is 5.41 Å². The minimum absolute atomic E-state index is 0.0614. The molecule has 28 heavy (non-hydrogen) atoms. The predicted molar refractivity (Wildman–Crippen MR) is 105 cm³/mol. The molecule has 6 nitrogen and oxygen atoms in total.